The summed E-state index contributed by atoms with van der Waals surface area (Å²) in [5, 5.41) is 12.7. The zero-order chi connectivity index (χ0) is 11.8. The van der Waals surface area contributed by atoms with Crippen LogP contribution in [0, 0.1) is 0 Å². The standard InChI is InChI=1S/C12H13ClN2S2/c1-7(13)11-14-15-12(17-11)9-3-2-4-10-8(9)5-6-16-10/h5-7,9H,2-4H2,1H3. The van der Waals surface area contributed by atoms with Gasteiger partial charge in [0.15, 0.2) is 0 Å². The second-order valence-electron chi connectivity index (χ2n) is 4.34. The maximum Gasteiger partial charge on any atom is 0.135 e. The molecule has 2 nitrogen and oxygen atoms in total. The Balaban J connectivity index is 1.95. The lowest BCUT2D eigenvalue weighted by atomic mass is 9.88. The van der Waals surface area contributed by atoms with E-state index in [0.29, 0.717) is 5.92 Å². The smallest absolute Gasteiger partial charge is 0.135 e. The second kappa shape index (κ2) is 4.67. The van der Waals surface area contributed by atoms with Crippen molar-refractivity contribution in [3.63, 3.8) is 0 Å². The van der Waals surface area contributed by atoms with Gasteiger partial charge >= 0.3 is 0 Å². The Morgan fingerprint density at radius 3 is 3.12 bits per heavy atom. The largest absolute Gasteiger partial charge is 0.149 e. The first kappa shape index (κ1) is 11.6. The number of aryl methyl sites for hydroxylation is 1. The average Bonchev–Trinajstić information content (AvgIpc) is 2.97. The summed E-state index contributed by atoms with van der Waals surface area (Å²) in [6, 6.07) is 2.25. The van der Waals surface area contributed by atoms with Crippen molar-refractivity contribution in [3.05, 3.63) is 31.9 Å². The SMILES string of the molecule is CC(Cl)c1nnc(C2CCCc3sccc32)s1. The van der Waals surface area contributed by atoms with E-state index in [1.807, 2.05) is 18.3 Å². The van der Waals surface area contributed by atoms with Crippen LogP contribution in [0.4, 0.5) is 0 Å². The van der Waals surface area contributed by atoms with Crippen molar-refractivity contribution in [2.24, 2.45) is 0 Å². The Hall–Kier alpha value is -0.450. The van der Waals surface area contributed by atoms with Gasteiger partial charge in [0.2, 0.25) is 0 Å². The fourth-order valence-electron chi connectivity index (χ4n) is 2.29. The molecule has 0 bridgehead atoms. The predicted molar refractivity (Wildman–Crippen MR) is 73.3 cm³/mol. The number of alkyl halides is 1. The number of fused-ring (bicyclic) bond motifs is 1. The number of thiophene rings is 1. The summed E-state index contributed by atoms with van der Waals surface area (Å²) in [5.74, 6) is 0.451. The van der Waals surface area contributed by atoms with E-state index >= 15 is 0 Å². The Morgan fingerprint density at radius 1 is 1.47 bits per heavy atom. The molecule has 0 saturated carbocycles. The molecule has 5 heteroatoms. The van der Waals surface area contributed by atoms with Crippen LogP contribution in [0.1, 0.15) is 51.5 Å². The summed E-state index contributed by atoms with van der Waals surface area (Å²) in [4.78, 5) is 1.52. The molecule has 0 aliphatic heterocycles. The third-order valence-corrected chi connectivity index (χ3v) is 5.70. The lowest BCUT2D eigenvalue weighted by molar-refractivity contribution is 0.617. The summed E-state index contributed by atoms with van der Waals surface area (Å²) < 4.78 is 0. The third-order valence-electron chi connectivity index (χ3n) is 3.15. The van der Waals surface area contributed by atoms with Gasteiger partial charge in [0.05, 0.1) is 5.38 Å². The monoisotopic (exact) mass is 284 g/mol. The molecule has 1 aliphatic rings. The van der Waals surface area contributed by atoms with Gasteiger partial charge in [0.1, 0.15) is 10.0 Å². The van der Waals surface area contributed by atoms with Crippen LogP contribution in [0.15, 0.2) is 11.4 Å². The van der Waals surface area contributed by atoms with E-state index in [2.05, 4.69) is 21.6 Å². The molecule has 3 rings (SSSR count). The summed E-state index contributed by atoms with van der Waals surface area (Å²) in [6.07, 6.45) is 3.67. The zero-order valence-corrected chi connectivity index (χ0v) is 11.9. The Bertz CT molecular complexity index is 518. The van der Waals surface area contributed by atoms with Crippen molar-refractivity contribution < 1.29 is 0 Å². The predicted octanol–water partition coefficient (Wildman–Crippen LogP) is 4.37. The van der Waals surface area contributed by atoms with Crippen LogP contribution in [0.5, 0.6) is 0 Å². The molecule has 0 spiro atoms. The number of aromatic nitrogens is 2. The van der Waals surface area contributed by atoms with Gasteiger partial charge in [-0.2, -0.15) is 0 Å². The van der Waals surface area contributed by atoms with E-state index in [-0.39, 0.29) is 5.38 Å². The van der Waals surface area contributed by atoms with E-state index in [1.54, 1.807) is 11.3 Å². The van der Waals surface area contributed by atoms with Crippen molar-refractivity contribution >= 4 is 34.3 Å². The van der Waals surface area contributed by atoms with Gasteiger partial charge in [0, 0.05) is 10.8 Å². The lowest BCUT2D eigenvalue weighted by Crippen LogP contribution is -2.08. The molecule has 0 fully saturated rings. The molecule has 0 saturated heterocycles. The molecule has 1 aliphatic carbocycles. The third kappa shape index (κ3) is 2.14. The van der Waals surface area contributed by atoms with Crippen LogP contribution < -0.4 is 0 Å². The van der Waals surface area contributed by atoms with Crippen molar-refractivity contribution in [2.75, 3.05) is 0 Å². The minimum absolute atomic E-state index is 0.0354. The Labute approximate surface area is 114 Å². The first-order chi connectivity index (χ1) is 8.25. The highest BCUT2D eigenvalue weighted by Crippen LogP contribution is 2.40. The normalized spacial score (nSPS) is 21.2. The van der Waals surface area contributed by atoms with Gasteiger partial charge in [-0.1, -0.05) is 11.3 Å². The van der Waals surface area contributed by atoms with Crippen molar-refractivity contribution in [2.45, 2.75) is 37.5 Å². The van der Waals surface area contributed by atoms with E-state index in [9.17, 15) is 0 Å². The fourth-order valence-corrected chi connectivity index (χ4v) is 4.38. The molecular formula is C12H13ClN2S2. The maximum absolute atomic E-state index is 6.04. The van der Waals surface area contributed by atoms with Crippen molar-refractivity contribution in [3.8, 4) is 0 Å². The van der Waals surface area contributed by atoms with Crippen LogP contribution >= 0.6 is 34.3 Å². The highest BCUT2D eigenvalue weighted by Gasteiger charge is 2.26. The zero-order valence-electron chi connectivity index (χ0n) is 9.52. The van der Waals surface area contributed by atoms with E-state index in [0.717, 1.165) is 10.0 Å². The fraction of sp³-hybridized carbons (Fsp3) is 0.500. The van der Waals surface area contributed by atoms with Gasteiger partial charge in [-0.15, -0.1) is 33.1 Å². The van der Waals surface area contributed by atoms with E-state index < -0.39 is 0 Å². The highest BCUT2D eigenvalue weighted by atomic mass is 35.5. The van der Waals surface area contributed by atoms with Gasteiger partial charge in [-0.3, -0.25) is 0 Å². The number of hydrogen-bond acceptors (Lipinski definition) is 4. The van der Waals surface area contributed by atoms with Crippen LogP contribution in [0.25, 0.3) is 0 Å². The minimum Gasteiger partial charge on any atom is -0.149 e. The Kier molecular flexibility index (Phi) is 3.19. The van der Waals surface area contributed by atoms with E-state index in [4.69, 9.17) is 11.6 Å². The number of hydrogen-bond donors (Lipinski definition) is 0. The van der Waals surface area contributed by atoms with Crippen molar-refractivity contribution in [1.29, 1.82) is 0 Å². The molecule has 2 atom stereocenters. The first-order valence-corrected chi connectivity index (χ1v) is 7.92. The topological polar surface area (TPSA) is 25.8 Å². The second-order valence-corrected chi connectivity index (χ2v) is 7.03. The van der Waals surface area contributed by atoms with Gasteiger partial charge in [-0.25, -0.2) is 0 Å². The molecular weight excluding hydrogens is 272 g/mol. The quantitative estimate of drug-likeness (QED) is 0.766. The molecule has 2 aromatic rings. The summed E-state index contributed by atoms with van der Waals surface area (Å²) in [6.45, 7) is 1.95. The minimum atomic E-state index is -0.0354. The molecule has 90 valence electrons. The van der Waals surface area contributed by atoms with Gasteiger partial charge < -0.3 is 0 Å². The van der Waals surface area contributed by atoms with E-state index in [1.165, 1.54) is 29.7 Å². The average molecular weight is 285 g/mol. The maximum atomic E-state index is 6.04. The lowest BCUT2D eigenvalue weighted by Gasteiger charge is -2.19. The van der Waals surface area contributed by atoms with Crippen molar-refractivity contribution in [1.82, 2.24) is 10.2 Å². The van der Waals surface area contributed by atoms with Crippen LogP contribution in [-0.2, 0) is 6.42 Å². The molecule has 17 heavy (non-hydrogen) atoms. The number of rotatable bonds is 2. The first-order valence-electron chi connectivity index (χ1n) is 5.79. The highest BCUT2D eigenvalue weighted by molar-refractivity contribution is 7.12. The Morgan fingerprint density at radius 2 is 2.35 bits per heavy atom. The van der Waals surface area contributed by atoms with Gasteiger partial charge in [0.25, 0.3) is 0 Å². The molecule has 0 aromatic carbocycles. The number of halogens is 1. The van der Waals surface area contributed by atoms with Gasteiger partial charge in [-0.05, 0) is 43.2 Å². The van der Waals surface area contributed by atoms with Crippen LogP contribution in [-0.4, -0.2) is 10.2 Å². The summed E-state index contributed by atoms with van der Waals surface area (Å²) in [5.41, 5.74) is 1.46. The molecule has 0 amide bonds. The molecule has 2 unspecified atom stereocenters. The molecule has 0 N–H and O–H groups in total. The number of nitrogens with zero attached hydrogens (tertiary/aromatic N) is 2. The van der Waals surface area contributed by atoms with Crippen LogP contribution in [0.3, 0.4) is 0 Å². The molecule has 2 aromatic heterocycles. The summed E-state index contributed by atoms with van der Waals surface area (Å²) in [7, 11) is 0. The molecule has 0 radical (unpaired) electrons. The van der Waals surface area contributed by atoms with Crippen LogP contribution in [0.2, 0.25) is 0 Å². The molecule has 2 heterocycles. The summed E-state index contributed by atoms with van der Waals surface area (Å²) >= 11 is 9.58.